The van der Waals surface area contributed by atoms with Crippen LogP contribution in [-0.4, -0.2) is 63.9 Å². The number of nitrogens with one attached hydrogen (secondary N) is 2. The molecule has 1 fully saturated rings. The van der Waals surface area contributed by atoms with Crippen molar-refractivity contribution in [2.45, 2.75) is 50.0 Å². The molecule has 9 heteroatoms. The number of rotatable bonds is 8. The molecule has 35 heavy (non-hydrogen) atoms. The monoisotopic (exact) mass is 498 g/mol. The van der Waals surface area contributed by atoms with Gasteiger partial charge in [-0.3, -0.25) is 18.8 Å². The molecular formula is C26H34N4O4S. The van der Waals surface area contributed by atoms with Gasteiger partial charge in [0, 0.05) is 37.8 Å². The lowest BCUT2D eigenvalue weighted by Gasteiger charge is -2.32. The Morgan fingerprint density at radius 1 is 1.03 bits per heavy atom. The Labute approximate surface area is 207 Å². The van der Waals surface area contributed by atoms with Gasteiger partial charge in [0.2, 0.25) is 5.91 Å². The highest BCUT2D eigenvalue weighted by atomic mass is 32.2. The number of para-hydroxylation sites is 1. The van der Waals surface area contributed by atoms with Crippen molar-refractivity contribution in [3.8, 4) is 0 Å². The van der Waals surface area contributed by atoms with E-state index in [1.807, 2.05) is 31.2 Å². The summed E-state index contributed by atoms with van der Waals surface area (Å²) in [5, 5.41) is 5.93. The van der Waals surface area contributed by atoms with E-state index >= 15 is 0 Å². The van der Waals surface area contributed by atoms with Crippen LogP contribution in [0.15, 0.2) is 53.4 Å². The van der Waals surface area contributed by atoms with Crippen molar-refractivity contribution in [1.29, 1.82) is 0 Å². The standard InChI is InChI=1S/C26H34N4O4S/c1-2-14-27-25(31)19-29-16-12-22(13-17-29)28-26(32)21-8-5-10-23(18-21)35(33,34)30-15-6-9-20-7-3-4-11-24(20)30/h3-5,7-8,10-11,18,22H,2,6,9,12-17,19H2,1H3,(H,27,31)(H,28,32). The van der Waals surface area contributed by atoms with Crippen molar-refractivity contribution in [2.24, 2.45) is 0 Å². The zero-order chi connectivity index (χ0) is 24.8. The molecule has 2 aromatic rings. The summed E-state index contributed by atoms with van der Waals surface area (Å²) >= 11 is 0. The Bertz CT molecular complexity index is 1160. The average molecular weight is 499 g/mol. The number of carbonyl (C=O) groups is 2. The van der Waals surface area contributed by atoms with Crippen LogP contribution < -0.4 is 14.9 Å². The van der Waals surface area contributed by atoms with E-state index in [9.17, 15) is 18.0 Å². The lowest BCUT2D eigenvalue weighted by atomic mass is 10.0. The minimum Gasteiger partial charge on any atom is -0.355 e. The zero-order valence-electron chi connectivity index (χ0n) is 20.2. The number of aryl methyl sites for hydroxylation is 1. The number of anilines is 1. The lowest BCUT2D eigenvalue weighted by Crippen LogP contribution is -2.47. The summed E-state index contributed by atoms with van der Waals surface area (Å²) in [6.45, 7) is 4.96. The van der Waals surface area contributed by atoms with Crippen LogP contribution in [0.2, 0.25) is 0 Å². The number of benzene rings is 2. The van der Waals surface area contributed by atoms with Crippen molar-refractivity contribution >= 4 is 27.5 Å². The van der Waals surface area contributed by atoms with E-state index in [-0.39, 0.29) is 22.8 Å². The van der Waals surface area contributed by atoms with E-state index < -0.39 is 10.0 Å². The Morgan fingerprint density at radius 3 is 2.57 bits per heavy atom. The van der Waals surface area contributed by atoms with Crippen LogP contribution in [0.1, 0.15) is 48.5 Å². The van der Waals surface area contributed by atoms with Crippen LogP contribution >= 0.6 is 0 Å². The summed E-state index contributed by atoms with van der Waals surface area (Å²) in [6, 6.07) is 13.8. The van der Waals surface area contributed by atoms with Gasteiger partial charge >= 0.3 is 0 Å². The molecule has 2 aliphatic rings. The van der Waals surface area contributed by atoms with Crippen LogP contribution in [0.4, 0.5) is 5.69 Å². The van der Waals surface area contributed by atoms with Crippen LogP contribution in [0.25, 0.3) is 0 Å². The molecule has 2 amide bonds. The first kappa shape index (κ1) is 25.2. The van der Waals surface area contributed by atoms with Gasteiger partial charge in [-0.15, -0.1) is 0 Å². The third-order valence-electron chi connectivity index (χ3n) is 6.61. The number of hydrogen-bond donors (Lipinski definition) is 2. The number of nitrogens with zero attached hydrogens (tertiary/aromatic N) is 2. The summed E-state index contributed by atoms with van der Waals surface area (Å²) in [4.78, 5) is 27.1. The number of amides is 2. The van der Waals surface area contributed by atoms with E-state index in [0.29, 0.717) is 30.9 Å². The van der Waals surface area contributed by atoms with Crippen molar-refractivity contribution in [3.63, 3.8) is 0 Å². The Balaban J connectivity index is 1.38. The maximum Gasteiger partial charge on any atom is 0.264 e. The molecule has 1 saturated heterocycles. The average Bonchev–Trinajstić information content (AvgIpc) is 2.88. The number of sulfonamides is 1. The molecule has 2 aliphatic heterocycles. The normalized spacial score (nSPS) is 17.0. The predicted molar refractivity (Wildman–Crippen MR) is 136 cm³/mol. The molecule has 8 nitrogen and oxygen atoms in total. The highest BCUT2D eigenvalue weighted by molar-refractivity contribution is 7.92. The second kappa shape index (κ2) is 11.2. The first-order valence-electron chi connectivity index (χ1n) is 12.4. The van der Waals surface area contributed by atoms with Crippen LogP contribution in [0.5, 0.6) is 0 Å². The summed E-state index contributed by atoms with van der Waals surface area (Å²) in [7, 11) is -3.78. The summed E-state index contributed by atoms with van der Waals surface area (Å²) in [5.41, 5.74) is 2.06. The molecule has 2 heterocycles. The van der Waals surface area contributed by atoms with Gasteiger partial charge in [0.25, 0.3) is 15.9 Å². The quantitative estimate of drug-likeness (QED) is 0.583. The van der Waals surface area contributed by atoms with Gasteiger partial charge in [-0.05, 0) is 61.9 Å². The molecule has 0 bridgehead atoms. The van der Waals surface area contributed by atoms with Crippen molar-refractivity contribution in [2.75, 3.05) is 37.0 Å². The smallest absolute Gasteiger partial charge is 0.264 e. The van der Waals surface area contributed by atoms with Crippen molar-refractivity contribution in [1.82, 2.24) is 15.5 Å². The van der Waals surface area contributed by atoms with Crippen molar-refractivity contribution in [3.05, 3.63) is 59.7 Å². The van der Waals surface area contributed by atoms with Gasteiger partial charge in [0.1, 0.15) is 0 Å². The summed E-state index contributed by atoms with van der Waals surface area (Å²) in [5.74, 6) is -0.246. The van der Waals surface area contributed by atoms with Gasteiger partial charge in [-0.1, -0.05) is 31.2 Å². The molecular weight excluding hydrogens is 464 g/mol. The second-order valence-electron chi connectivity index (χ2n) is 9.21. The maximum atomic E-state index is 13.5. The third-order valence-corrected chi connectivity index (χ3v) is 8.42. The van der Waals surface area contributed by atoms with Crippen LogP contribution in [0.3, 0.4) is 0 Å². The predicted octanol–water partition coefficient (Wildman–Crippen LogP) is 2.55. The zero-order valence-corrected chi connectivity index (χ0v) is 21.0. The van der Waals surface area contributed by atoms with E-state index in [4.69, 9.17) is 0 Å². The molecule has 0 unspecified atom stereocenters. The second-order valence-corrected chi connectivity index (χ2v) is 11.1. The Morgan fingerprint density at radius 2 is 1.80 bits per heavy atom. The minimum absolute atomic E-state index is 0.00770. The first-order chi connectivity index (χ1) is 16.9. The fraction of sp³-hybridized carbons (Fsp3) is 0.462. The molecule has 2 N–H and O–H groups in total. The highest BCUT2D eigenvalue weighted by Crippen LogP contribution is 2.32. The molecule has 0 aliphatic carbocycles. The maximum absolute atomic E-state index is 13.5. The third kappa shape index (κ3) is 6.02. The highest BCUT2D eigenvalue weighted by Gasteiger charge is 2.30. The lowest BCUT2D eigenvalue weighted by molar-refractivity contribution is -0.122. The van der Waals surface area contributed by atoms with Crippen molar-refractivity contribution < 1.29 is 18.0 Å². The largest absolute Gasteiger partial charge is 0.355 e. The van der Waals surface area contributed by atoms with E-state index in [1.54, 1.807) is 18.2 Å². The van der Waals surface area contributed by atoms with E-state index in [0.717, 1.165) is 50.8 Å². The fourth-order valence-electron chi connectivity index (χ4n) is 4.70. The fourth-order valence-corrected chi connectivity index (χ4v) is 6.29. The van der Waals surface area contributed by atoms with Gasteiger partial charge in [-0.2, -0.15) is 0 Å². The van der Waals surface area contributed by atoms with Gasteiger partial charge in [-0.25, -0.2) is 8.42 Å². The molecule has 0 atom stereocenters. The molecule has 2 aromatic carbocycles. The number of piperidine rings is 1. The Hall–Kier alpha value is -2.91. The molecule has 188 valence electrons. The number of likely N-dealkylation sites (tertiary alicyclic amines) is 1. The number of carbonyl (C=O) groups excluding carboxylic acids is 2. The van der Waals surface area contributed by atoms with Gasteiger partial charge < -0.3 is 10.6 Å². The van der Waals surface area contributed by atoms with Crippen LogP contribution in [-0.2, 0) is 21.2 Å². The van der Waals surface area contributed by atoms with E-state index in [2.05, 4.69) is 15.5 Å². The topological polar surface area (TPSA) is 98.8 Å². The summed E-state index contributed by atoms with van der Waals surface area (Å²) in [6.07, 6.45) is 4.01. The molecule has 0 spiro atoms. The molecule has 0 aromatic heterocycles. The number of fused-ring (bicyclic) bond motifs is 1. The Kier molecular flexibility index (Phi) is 8.07. The minimum atomic E-state index is -3.78. The SMILES string of the molecule is CCCNC(=O)CN1CCC(NC(=O)c2cccc(S(=O)(=O)N3CCCc4ccccc43)c2)CC1. The van der Waals surface area contributed by atoms with Gasteiger partial charge in [0.15, 0.2) is 0 Å². The van der Waals surface area contributed by atoms with Crippen LogP contribution in [0, 0.1) is 0 Å². The van der Waals surface area contributed by atoms with Gasteiger partial charge in [0.05, 0.1) is 17.1 Å². The summed E-state index contributed by atoms with van der Waals surface area (Å²) < 4.78 is 28.4. The molecule has 0 radical (unpaired) electrons. The molecule has 0 saturated carbocycles. The van der Waals surface area contributed by atoms with E-state index in [1.165, 1.54) is 10.4 Å². The molecule has 4 rings (SSSR count). The number of hydrogen-bond acceptors (Lipinski definition) is 5. The first-order valence-corrected chi connectivity index (χ1v) is 13.8.